The second kappa shape index (κ2) is 5.84. The van der Waals surface area contributed by atoms with Crippen molar-refractivity contribution >= 4 is 5.82 Å². The van der Waals surface area contributed by atoms with Crippen LogP contribution in [0, 0.1) is 0 Å². The van der Waals surface area contributed by atoms with E-state index in [1.807, 2.05) is 12.4 Å². The van der Waals surface area contributed by atoms with Gasteiger partial charge in [-0.2, -0.15) is 0 Å². The summed E-state index contributed by atoms with van der Waals surface area (Å²) in [5, 5.41) is 3.29. The topological polar surface area (TPSA) is 44.3 Å². The van der Waals surface area contributed by atoms with Crippen LogP contribution in [0.15, 0.2) is 12.4 Å². The molecule has 1 fully saturated rings. The standard InChI is InChI=1S/C14H25N5/c1-5-15-8-12-9-16-10-13(17-12)19-7-6-18(4)14(2,3)11-19/h9-10,15H,5-8,11H2,1-4H3. The van der Waals surface area contributed by atoms with E-state index in [1.54, 1.807) is 0 Å². The van der Waals surface area contributed by atoms with Crippen molar-refractivity contribution in [2.24, 2.45) is 0 Å². The van der Waals surface area contributed by atoms with Gasteiger partial charge in [-0.25, -0.2) is 4.98 Å². The lowest BCUT2D eigenvalue weighted by molar-refractivity contribution is 0.138. The molecule has 0 aliphatic carbocycles. The summed E-state index contributed by atoms with van der Waals surface area (Å²) in [6.07, 6.45) is 3.71. The number of rotatable bonds is 4. The third-order valence-corrected chi connectivity index (χ3v) is 3.87. The third-order valence-electron chi connectivity index (χ3n) is 3.87. The van der Waals surface area contributed by atoms with Crippen LogP contribution in [0.2, 0.25) is 0 Å². The summed E-state index contributed by atoms with van der Waals surface area (Å²) in [5.41, 5.74) is 1.19. The molecule has 5 heteroatoms. The number of likely N-dealkylation sites (N-methyl/N-ethyl adjacent to an activating group) is 1. The molecule has 1 aliphatic heterocycles. The van der Waals surface area contributed by atoms with Crippen molar-refractivity contribution in [1.82, 2.24) is 20.2 Å². The molecule has 1 saturated heterocycles. The van der Waals surface area contributed by atoms with E-state index >= 15 is 0 Å². The van der Waals surface area contributed by atoms with E-state index in [0.29, 0.717) is 0 Å². The minimum Gasteiger partial charge on any atom is -0.352 e. The highest BCUT2D eigenvalue weighted by atomic mass is 15.3. The molecule has 2 rings (SSSR count). The minimum absolute atomic E-state index is 0.178. The maximum atomic E-state index is 4.71. The lowest BCUT2D eigenvalue weighted by Gasteiger charge is -2.45. The summed E-state index contributed by atoms with van der Waals surface area (Å²) in [7, 11) is 2.19. The van der Waals surface area contributed by atoms with Crippen molar-refractivity contribution in [3.8, 4) is 0 Å². The summed E-state index contributed by atoms with van der Waals surface area (Å²) < 4.78 is 0. The molecular weight excluding hydrogens is 238 g/mol. The van der Waals surface area contributed by atoms with Gasteiger partial charge < -0.3 is 10.2 Å². The Bertz CT molecular complexity index is 418. The molecule has 106 valence electrons. The Balaban J connectivity index is 2.09. The number of nitrogens with zero attached hydrogens (tertiary/aromatic N) is 4. The molecule has 0 aromatic carbocycles. The van der Waals surface area contributed by atoms with Crippen molar-refractivity contribution in [2.75, 3.05) is 38.1 Å². The number of hydrogen-bond donors (Lipinski definition) is 1. The van der Waals surface area contributed by atoms with Crippen LogP contribution in [-0.2, 0) is 6.54 Å². The highest BCUT2D eigenvalue weighted by Gasteiger charge is 2.31. The maximum Gasteiger partial charge on any atom is 0.147 e. The van der Waals surface area contributed by atoms with Crippen LogP contribution in [-0.4, -0.2) is 53.6 Å². The highest BCUT2D eigenvalue weighted by molar-refractivity contribution is 5.38. The Morgan fingerprint density at radius 1 is 1.32 bits per heavy atom. The molecule has 0 radical (unpaired) electrons. The molecule has 0 spiro atoms. The Morgan fingerprint density at radius 3 is 2.79 bits per heavy atom. The highest BCUT2D eigenvalue weighted by Crippen LogP contribution is 2.22. The van der Waals surface area contributed by atoms with Gasteiger partial charge >= 0.3 is 0 Å². The van der Waals surface area contributed by atoms with Gasteiger partial charge in [0.1, 0.15) is 5.82 Å². The quantitative estimate of drug-likeness (QED) is 0.882. The molecule has 0 saturated carbocycles. The van der Waals surface area contributed by atoms with Crippen LogP contribution in [0.1, 0.15) is 26.5 Å². The molecule has 2 heterocycles. The van der Waals surface area contributed by atoms with Gasteiger partial charge in [0.15, 0.2) is 0 Å². The molecule has 0 unspecified atom stereocenters. The van der Waals surface area contributed by atoms with Gasteiger partial charge in [0.05, 0.1) is 11.9 Å². The first-order valence-electron chi connectivity index (χ1n) is 7.01. The molecule has 0 amide bonds. The second-order valence-electron chi connectivity index (χ2n) is 5.80. The summed E-state index contributed by atoms with van der Waals surface area (Å²) in [6.45, 7) is 11.4. The third kappa shape index (κ3) is 3.42. The summed E-state index contributed by atoms with van der Waals surface area (Å²) >= 11 is 0. The van der Waals surface area contributed by atoms with E-state index < -0.39 is 0 Å². The predicted molar refractivity (Wildman–Crippen MR) is 78.3 cm³/mol. The van der Waals surface area contributed by atoms with Gasteiger partial charge in [0, 0.05) is 37.9 Å². The molecule has 1 aromatic rings. The van der Waals surface area contributed by atoms with Crippen LogP contribution in [0.4, 0.5) is 5.82 Å². The lowest BCUT2D eigenvalue weighted by atomic mass is 10.00. The number of hydrogen-bond acceptors (Lipinski definition) is 5. The number of nitrogens with one attached hydrogen (secondary N) is 1. The first-order valence-corrected chi connectivity index (χ1v) is 7.01. The minimum atomic E-state index is 0.178. The average molecular weight is 263 g/mol. The lowest BCUT2D eigenvalue weighted by Crippen LogP contribution is -2.57. The van der Waals surface area contributed by atoms with Gasteiger partial charge in [0.25, 0.3) is 0 Å². The first kappa shape index (κ1) is 14.2. The van der Waals surface area contributed by atoms with Gasteiger partial charge in [-0.15, -0.1) is 0 Å². The SMILES string of the molecule is CCNCc1cncc(N2CCN(C)C(C)(C)C2)n1. The van der Waals surface area contributed by atoms with Crippen molar-refractivity contribution in [3.05, 3.63) is 18.1 Å². The zero-order chi connectivity index (χ0) is 13.9. The van der Waals surface area contributed by atoms with E-state index in [-0.39, 0.29) is 5.54 Å². The fourth-order valence-electron chi connectivity index (χ4n) is 2.32. The molecule has 1 aliphatic rings. The summed E-state index contributed by atoms with van der Waals surface area (Å²) in [5.74, 6) is 0.997. The molecule has 5 nitrogen and oxygen atoms in total. The van der Waals surface area contributed by atoms with E-state index in [2.05, 4.69) is 47.9 Å². The van der Waals surface area contributed by atoms with E-state index in [0.717, 1.165) is 44.2 Å². The van der Waals surface area contributed by atoms with Crippen LogP contribution in [0.25, 0.3) is 0 Å². The summed E-state index contributed by atoms with van der Waals surface area (Å²) in [6, 6.07) is 0. The van der Waals surface area contributed by atoms with Gasteiger partial charge in [-0.3, -0.25) is 9.88 Å². The molecule has 0 bridgehead atoms. The normalized spacial score (nSPS) is 19.7. The van der Waals surface area contributed by atoms with Crippen molar-refractivity contribution in [3.63, 3.8) is 0 Å². The predicted octanol–water partition coefficient (Wildman–Crippen LogP) is 1.12. The van der Waals surface area contributed by atoms with Crippen molar-refractivity contribution in [2.45, 2.75) is 32.9 Å². The van der Waals surface area contributed by atoms with Gasteiger partial charge in [-0.05, 0) is 27.4 Å². The molecule has 0 atom stereocenters. The zero-order valence-corrected chi connectivity index (χ0v) is 12.5. The Labute approximate surface area is 116 Å². The average Bonchev–Trinajstić information content (AvgIpc) is 2.40. The smallest absolute Gasteiger partial charge is 0.147 e. The number of aromatic nitrogens is 2. The van der Waals surface area contributed by atoms with Crippen LogP contribution < -0.4 is 10.2 Å². The van der Waals surface area contributed by atoms with E-state index in [1.165, 1.54) is 0 Å². The Kier molecular flexibility index (Phi) is 4.37. The molecule has 1 N–H and O–H groups in total. The number of anilines is 1. The van der Waals surface area contributed by atoms with E-state index in [4.69, 9.17) is 4.98 Å². The van der Waals surface area contributed by atoms with Crippen LogP contribution in [0.5, 0.6) is 0 Å². The first-order chi connectivity index (χ1) is 9.03. The van der Waals surface area contributed by atoms with Crippen LogP contribution >= 0.6 is 0 Å². The molecule has 1 aromatic heterocycles. The summed E-state index contributed by atoms with van der Waals surface area (Å²) in [4.78, 5) is 13.8. The molecule has 19 heavy (non-hydrogen) atoms. The fourth-order valence-corrected chi connectivity index (χ4v) is 2.32. The molecular formula is C14H25N5. The van der Waals surface area contributed by atoms with E-state index in [9.17, 15) is 0 Å². The largest absolute Gasteiger partial charge is 0.352 e. The Hall–Kier alpha value is -1.20. The van der Waals surface area contributed by atoms with Gasteiger partial charge in [0.2, 0.25) is 0 Å². The van der Waals surface area contributed by atoms with Gasteiger partial charge in [-0.1, -0.05) is 6.92 Å². The van der Waals surface area contributed by atoms with Crippen LogP contribution in [0.3, 0.4) is 0 Å². The number of piperazine rings is 1. The Morgan fingerprint density at radius 2 is 2.11 bits per heavy atom. The fraction of sp³-hybridized carbons (Fsp3) is 0.714. The maximum absolute atomic E-state index is 4.71. The zero-order valence-electron chi connectivity index (χ0n) is 12.5. The van der Waals surface area contributed by atoms with Crippen molar-refractivity contribution in [1.29, 1.82) is 0 Å². The van der Waals surface area contributed by atoms with Crippen molar-refractivity contribution < 1.29 is 0 Å². The monoisotopic (exact) mass is 263 g/mol. The second-order valence-corrected chi connectivity index (χ2v) is 5.80.